The van der Waals surface area contributed by atoms with Crippen LogP contribution in [0.4, 0.5) is 0 Å². The van der Waals surface area contributed by atoms with Gasteiger partial charge in [-0.05, 0) is 31.4 Å². The zero-order valence-electron chi connectivity index (χ0n) is 13.1. The summed E-state index contributed by atoms with van der Waals surface area (Å²) in [6.07, 6.45) is 9.06. The third-order valence-electron chi connectivity index (χ3n) is 4.63. The molecule has 2 rings (SSSR count). The fourth-order valence-corrected chi connectivity index (χ4v) is 3.49. The first-order valence-corrected chi connectivity index (χ1v) is 8.31. The molecule has 0 aliphatic heterocycles. The Morgan fingerprint density at radius 1 is 1.33 bits per heavy atom. The number of aromatic nitrogens is 1. The van der Waals surface area contributed by atoms with E-state index < -0.39 is 0 Å². The molecule has 1 aromatic heterocycles. The molecule has 0 amide bonds. The molecule has 1 aliphatic carbocycles. The van der Waals surface area contributed by atoms with Gasteiger partial charge in [-0.15, -0.1) is 0 Å². The molecule has 1 aromatic rings. The number of hydrogen-bond acceptors (Lipinski definition) is 4. The molecule has 4 heteroatoms. The van der Waals surface area contributed by atoms with E-state index in [1.165, 1.54) is 32.1 Å². The SMILES string of the molecule is CCC(N)C(c1ccccn1)N(CCO)C1CCCCC1. The second-order valence-electron chi connectivity index (χ2n) is 6.02. The Hall–Kier alpha value is -0.970. The van der Waals surface area contributed by atoms with Crippen LogP contribution >= 0.6 is 0 Å². The average Bonchev–Trinajstić information content (AvgIpc) is 2.56. The van der Waals surface area contributed by atoms with Crippen molar-refractivity contribution < 1.29 is 5.11 Å². The number of hydrogen-bond donors (Lipinski definition) is 2. The number of nitrogens with two attached hydrogens (primary N) is 1. The van der Waals surface area contributed by atoms with Gasteiger partial charge in [-0.3, -0.25) is 9.88 Å². The van der Waals surface area contributed by atoms with Crippen LogP contribution in [0.1, 0.15) is 57.2 Å². The molecule has 3 N–H and O–H groups in total. The topological polar surface area (TPSA) is 62.4 Å². The van der Waals surface area contributed by atoms with Crippen molar-refractivity contribution in [2.45, 2.75) is 63.6 Å². The van der Waals surface area contributed by atoms with Gasteiger partial charge in [0.1, 0.15) is 0 Å². The Labute approximate surface area is 128 Å². The van der Waals surface area contributed by atoms with Crippen LogP contribution in [0.5, 0.6) is 0 Å². The van der Waals surface area contributed by atoms with Crippen LogP contribution in [0, 0.1) is 0 Å². The van der Waals surface area contributed by atoms with Crippen molar-refractivity contribution in [3.8, 4) is 0 Å². The van der Waals surface area contributed by atoms with Crippen molar-refractivity contribution in [2.75, 3.05) is 13.2 Å². The number of aliphatic hydroxyl groups excluding tert-OH is 1. The molecule has 1 heterocycles. The Bertz CT molecular complexity index is 392. The summed E-state index contributed by atoms with van der Waals surface area (Å²) >= 11 is 0. The molecule has 1 aliphatic rings. The Morgan fingerprint density at radius 3 is 2.67 bits per heavy atom. The molecule has 1 fully saturated rings. The molecule has 1 saturated carbocycles. The maximum absolute atomic E-state index is 9.51. The van der Waals surface area contributed by atoms with E-state index in [1.807, 2.05) is 18.3 Å². The van der Waals surface area contributed by atoms with Crippen LogP contribution in [0.3, 0.4) is 0 Å². The standard InChI is InChI=1S/C17H29N3O/c1-2-15(18)17(16-10-6-7-11-19-16)20(12-13-21)14-8-4-3-5-9-14/h6-7,10-11,14-15,17,21H,2-5,8-9,12-13,18H2,1H3. The molecule has 2 unspecified atom stereocenters. The minimum Gasteiger partial charge on any atom is -0.395 e. The smallest absolute Gasteiger partial charge is 0.0676 e. The van der Waals surface area contributed by atoms with Crippen LogP contribution in [0.25, 0.3) is 0 Å². The highest BCUT2D eigenvalue weighted by Gasteiger charge is 2.32. The normalized spacial score (nSPS) is 19.6. The third kappa shape index (κ3) is 4.25. The molecule has 118 valence electrons. The van der Waals surface area contributed by atoms with Gasteiger partial charge in [0.05, 0.1) is 18.3 Å². The van der Waals surface area contributed by atoms with Gasteiger partial charge in [-0.25, -0.2) is 0 Å². The maximum Gasteiger partial charge on any atom is 0.0676 e. The zero-order valence-corrected chi connectivity index (χ0v) is 13.1. The van der Waals surface area contributed by atoms with Gasteiger partial charge in [-0.2, -0.15) is 0 Å². The van der Waals surface area contributed by atoms with Gasteiger partial charge >= 0.3 is 0 Å². The molecule has 0 aromatic carbocycles. The summed E-state index contributed by atoms with van der Waals surface area (Å²) in [5, 5.41) is 9.51. The van der Waals surface area contributed by atoms with Gasteiger partial charge in [0.2, 0.25) is 0 Å². The van der Waals surface area contributed by atoms with E-state index in [0.29, 0.717) is 12.6 Å². The summed E-state index contributed by atoms with van der Waals surface area (Å²) in [6.45, 7) is 2.98. The van der Waals surface area contributed by atoms with Crippen LogP contribution in [-0.2, 0) is 0 Å². The number of pyridine rings is 1. The van der Waals surface area contributed by atoms with E-state index in [1.54, 1.807) is 0 Å². The average molecular weight is 291 g/mol. The first-order valence-electron chi connectivity index (χ1n) is 8.31. The van der Waals surface area contributed by atoms with Crippen molar-refractivity contribution in [3.05, 3.63) is 30.1 Å². The van der Waals surface area contributed by atoms with Crippen molar-refractivity contribution >= 4 is 0 Å². The number of aliphatic hydroxyl groups is 1. The highest BCUT2D eigenvalue weighted by atomic mass is 16.3. The minimum absolute atomic E-state index is 0.0494. The van der Waals surface area contributed by atoms with Gasteiger partial charge in [-0.1, -0.05) is 32.3 Å². The lowest BCUT2D eigenvalue weighted by molar-refractivity contribution is 0.0646. The van der Waals surface area contributed by atoms with Crippen molar-refractivity contribution in [1.29, 1.82) is 0 Å². The summed E-state index contributed by atoms with van der Waals surface area (Å²) in [4.78, 5) is 6.96. The Morgan fingerprint density at radius 2 is 2.10 bits per heavy atom. The molecule has 0 spiro atoms. The van der Waals surface area contributed by atoms with Gasteiger partial charge in [0.15, 0.2) is 0 Å². The lowest BCUT2D eigenvalue weighted by Crippen LogP contribution is -2.48. The van der Waals surface area contributed by atoms with E-state index in [-0.39, 0.29) is 18.7 Å². The van der Waals surface area contributed by atoms with E-state index in [0.717, 1.165) is 12.1 Å². The largest absolute Gasteiger partial charge is 0.395 e. The van der Waals surface area contributed by atoms with Gasteiger partial charge in [0, 0.05) is 24.8 Å². The zero-order chi connectivity index (χ0) is 15.1. The third-order valence-corrected chi connectivity index (χ3v) is 4.63. The highest BCUT2D eigenvalue weighted by molar-refractivity contribution is 5.12. The van der Waals surface area contributed by atoms with Crippen LogP contribution < -0.4 is 5.73 Å². The molecule has 0 saturated heterocycles. The van der Waals surface area contributed by atoms with E-state index in [9.17, 15) is 5.11 Å². The van der Waals surface area contributed by atoms with Gasteiger partial charge in [0.25, 0.3) is 0 Å². The molecule has 21 heavy (non-hydrogen) atoms. The highest BCUT2D eigenvalue weighted by Crippen LogP contribution is 2.31. The van der Waals surface area contributed by atoms with Crippen LogP contribution in [-0.4, -0.2) is 40.2 Å². The molecule has 4 nitrogen and oxygen atoms in total. The van der Waals surface area contributed by atoms with E-state index in [2.05, 4.69) is 22.9 Å². The Kier molecular flexibility index (Phi) is 6.61. The van der Waals surface area contributed by atoms with E-state index >= 15 is 0 Å². The molecular formula is C17H29N3O. The molecule has 0 radical (unpaired) electrons. The number of nitrogens with zero attached hydrogens (tertiary/aromatic N) is 2. The van der Waals surface area contributed by atoms with Crippen LogP contribution in [0.2, 0.25) is 0 Å². The minimum atomic E-state index is 0.0494. The lowest BCUT2D eigenvalue weighted by Gasteiger charge is -2.41. The molecular weight excluding hydrogens is 262 g/mol. The second kappa shape index (κ2) is 8.47. The summed E-state index contributed by atoms with van der Waals surface area (Å²) in [6, 6.07) is 6.70. The fourth-order valence-electron chi connectivity index (χ4n) is 3.49. The van der Waals surface area contributed by atoms with E-state index in [4.69, 9.17) is 5.73 Å². The van der Waals surface area contributed by atoms with Crippen molar-refractivity contribution in [1.82, 2.24) is 9.88 Å². The summed E-state index contributed by atoms with van der Waals surface area (Å²) in [7, 11) is 0. The summed E-state index contributed by atoms with van der Waals surface area (Å²) in [5.74, 6) is 0. The predicted octanol–water partition coefficient (Wildman–Crippen LogP) is 2.49. The van der Waals surface area contributed by atoms with Crippen LogP contribution in [0.15, 0.2) is 24.4 Å². The monoisotopic (exact) mass is 291 g/mol. The Balaban J connectivity index is 2.25. The quantitative estimate of drug-likeness (QED) is 0.810. The van der Waals surface area contributed by atoms with Crippen molar-refractivity contribution in [2.24, 2.45) is 5.73 Å². The van der Waals surface area contributed by atoms with Crippen molar-refractivity contribution in [3.63, 3.8) is 0 Å². The summed E-state index contributed by atoms with van der Waals surface area (Å²) in [5.41, 5.74) is 7.46. The first kappa shape index (κ1) is 16.4. The molecule has 2 atom stereocenters. The fraction of sp³-hybridized carbons (Fsp3) is 0.706. The maximum atomic E-state index is 9.51. The van der Waals surface area contributed by atoms with Gasteiger partial charge < -0.3 is 10.8 Å². The number of rotatable bonds is 7. The lowest BCUT2D eigenvalue weighted by atomic mass is 9.90. The molecule has 0 bridgehead atoms. The summed E-state index contributed by atoms with van der Waals surface area (Å²) < 4.78 is 0. The second-order valence-corrected chi connectivity index (χ2v) is 6.02. The predicted molar refractivity (Wildman–Crippen MR) is 85.9 cm³/mol. The first-order chi connectivity index (χ1) is 10.3.